The van der Waals surface area contributed by atoms with Crippen LogP contribution >= 0.6 is 11.6 Å². The summed E-state index contributed by atoms with van der Waals surface area (Å²) in [6.45, 7) is 0.0530. The first kappa shape index (κ1) is 19.0. The Labute approximate surface area is 170 Å². The van der Waals surface area contributed by atoms with Crippen LogP contribution in [0.2, 0.25) is 5.02 Å². The summed E-state index contributed by atoms with van der Waals surface area (Å²) >= 11 is 6.29. The molecule has 1 heterocycles. The maximum absolute atomic E-state index is 13.4. The molecule has 0 unspecified atom stereocenters. The van der Waals surface area contributed by atoms with E-state index in [1.54, 1.807) is 11.0 Å². The van der Waals surface area contributed by atoms with Crippen molar-refractivity contribution in [3.05, 3.63) is 64.7 Å². The van der Waals surface area contributed by atoms with E-state index >= 15 is 0 Å². The number of anilines is 1. The third-order valence-corrected chi connectivity index (χ3v) is 6.07. The predicted octanol–water partition coefficient (Wildman–Crippen LogP) is 5.18. The SMILES string of the molecule is O=C1CN(C(=O)CC2CCCCC2)[C@@H](c2ccccc2)c2cc(Cl)ccc2N1. The molecule has 28 heavy (non-hydrogen) atoms. The van der Waals surface area contributed by atoms with Crippen LogP contribution in [0.25, 0.3) is 0 Å². The van der Waals surface area contributed by atoms with Crippen LogP contribution in [0.15, 0.2) is 48.5 Å². The van der Waals surface area contributed by atoms with E-state index in [2.05, 4.69) is 5.32 Å². The molecular weight excluding hydrogens is 372 g/mol. The van der Waals surface area contributed by atoms with Gasteiger partial charge in [-0.15, -0.1) is 0 Å². The number of fused-ring (bicyclic) bond motifs is 1. The Morgan fingerprint density at radius 2 is 1.82 bits per heavy atom. The topological polar surface area (TPSA) is 49.4 Å². The predicted molar refractivity (Wildman–Crippen MR) is 111 cm³/mol. The number of benzene rings is 2. The average Bonchev–Trinajstić information content (AvgIpc) is 2.85. The lowest BCUT2D eigenvalue weighted by Gasteiger charge is -2.32. The fraction of sp³-hybridized carbons (Fsp3) is 0.391. The van der Waals surface area contributed by atoms with Crippen LogP contribution in [0.1, 0.15) is 55.7 Å². The number of nitrogens with one attached hydrogen (secondary N) is 1. The molecule has 4 nitrogen and oxygen atoms in total. The van der Waals surface area contributed by atoms with Gasteiger partial charge in [0, 0.05) is 22.7 Å². The van der Waals surface area contributed by atoms with Crippen molar-refractivity contribution in [1.29, 1.82) is 0 Å². The summed E-state index contributed by atoms with van der Waals surface area (Å²) in [5.41, 5.74) is 2.57. The van der Waals surface area contributed by atoms with E-state index in [0.717, 1.165) is 29.7 Å². The van der Waals surface area contributed by atoms with E-state index in [0.29, 0.717) is 17.4 Å². The second kappa shape index (κ2) is 8.36. The fourth-order valence-electron chi connectivity index (χ4n) is 4.46. The molecule has 1 atom stereocenters. The molecule has 2 aliphatic rings. The molecule has 1 aliphatic heterocycles. The zero-order chi connectivity index (χ0) is 19.5. The van der Waals surface area contributed by atoms with Crippen LogP contribution in [0.5, 0.6) is 0 Å². The first-order chi connectivity index (χ1) is 13.6. The smallest absolute Gasteiger partial charge is 0.244 e. The normalized spacial score (nSPS) is 20.2. The highest BCUT2D eigenvalue weighted by molar-refractivity contribution is 6.30. The third kappa shape index (κ3) is 4.07. The molecule has 0 saturated heterocycles. The van der Waals surface area contributed by atoms with E-state index in [1.807, 2.05) is 42.5 Å². The lowest BCUT2D eigenvalue weighted by Crippen LogP contribution is -2.39. The number of rotatable bonds is 3. The van der Waals surface area contributed by atoms with Gasteiger partial charge in [0.05, 0.1) is 6.04 Å². The van der Waals surface area contributed by atoms with Crippen LogP contribution in [-0.2, 0) is 9.59 Å². The van der Waals surface area contributed by atoms with Crippen molar-refractivity contribution in [2.24, 2.45) is 5.92 Å². The summed E-state index contributed by atoms with van der Waals surface area (Å²) < 4.78 is 0. The van der Waals surface area contributed by atoms with E-state index in [4.69, 9.17) is 11.6 Å². The molecule has 2 aromatic rings. The lowest BCUT2D eigenvalue weighted by molar-refractivity contribution is -0.137. The van der Waals surface area contributed by atoms with Crippen molar-refractivity contribution in [3.8, 4) is 0 Å². The number of amides is 2. The quantitative estimate of drug-likeness (QED) is 0.776. The molecule has 0 aromatic heterocycles. The standard InChI is InChI=1S/C23H25ClN2O2/c24-18-11-12-20-19(14-18)23(17-9-5-2-6-10-17)26(15-21(27)25-20)22(28)13-16-7-3-1-4-8-16/h2,5-6,9-12,14,16,23H,1,3-4,7-8,13,15H2,(H,25,27)/t23-/m0/s1. The zero-order valence-corrected chi connectivity index (χ0v) is 16.6. The van der Waals surface area contributed by atoms with Gasteiger partial charge in [0.15, 0.2) is 0 Å². The van der Waals surface area contributed by atoms with Crippen molar-refractivity contribution in [2.45, 2.75) is 44.6 Å². The van der Waals surface area contributed by atoms with Gasteiger partial charge in [0.25, 0.3) is 0 Å². The van der Waals surface area contributed by atoms with Gasteiger partial charge in [0.1, 0.15) is 6.54 Å². The van der Waals surface area contributed by atoms with Gasteiger partial charge in [-0.1, -0.05) is 61.2 Å². The average molecular weight is 397 g/mol. The lowest BCUT2D eigenvalue weighted by atomic mass is 9.86. The van der Waals surface area contributed by atoms with Crippen LogP contribution in [0.3, 0.4) is 0 Å². The van der Waals surface area contributed by atoms with Gasteiger partial charge in [-0.3, -0.25) is 9.59 Å². The van der Waals surface area contributed by atoms with Gasteiger partial charge in [-0.05, 0) is 42.5 Å². The molecule has 2 aromatic carbocycles. The van der Waals surface area contributed by atoms with E-state index in [-0.39, 0.29) is 24.4 Å². The monoisotopic (exact) mass is 396 g/mol. The Balaban J connectivity index is 1.73. The number of nitrogens with zero attached hydrogens (tertiary/aromatic N) is 1. The van der Waals surface area contributed by atoms with Crippen molar-refractivity contribution in [3.63, 3.8) is 0 Å². The zero-order valence-electron chi connectivity index (χ0n) is 15.9. The van der Waals surface area contributed by atoms with Crippen LogP contribution < -0.4 is 5.32 Å². The molecule has 1 N–H and O–H groups in total. The van der Waals surface area contributed by atoms with Crippen molar-refractivity contribution in [2.75, 3.05) is 11.9 Å². The highest BCUT2D eigenvalue weighted by atomic mass is 35.5. The molecule has 1 saturated carbocycles. The highest BCUT2D eigenvalue weighted by Crippen LogP contribution is 2.38. The summed E-state index contributed by atoms with van der Waals surface area (Å²) in [6.07, 6.45) is 6.36. The molecule has 0 bridgehead atoms. The van der Waals surface area contributed by atoms with E-state index in [9.17, 15) is 9.59 Å². The molecular formula is C23H25ClN2O2. The summed E-state index contributed by atoms with van der Waals surface area (Å²) in [4.78, 5) is 27.7. The summed E-state index contributed by atoms with van der Waals surface area (Å²) in [7, 11) is 0. The van der Waals surface area contributed by atoms with Crippen molar-refractivity contribution >= 4 is 29.1 Å². The Kier molecular flexibility index (Phi) is 5.67. The maximum atomic E-state index is 13.4. The van der Waals surface area contributed by atoms with Gasteiger partial charge in [-0.2, -0.15) is 0 Å². The minimum Gasteiger partial charge on any atom is -0.324 e. The number of carbonyl (C=O) groups is 2. The van der Waals surface area contributed by atoms with Crippen LogP contribution in [0.4, 0.5) is 5.69 Å². The molecule has 2 amide bonds. The minimum absolute atomic E-state index is 0.0451. The number of carbonyl (C=O) groups excluding carboxylic acids is 2. The second-order valence-electron chi connectivity index (χ2n) is 7.82. The molecule has 0 spiro atoms. The molecule has 1 aliphatic carbocycles. The van der Waals surface area contributed by atoms with Crippen LogP contribution in [0, 0.1) is 5.92 Å². The number of hydrogen-bond acceptors (Lipinski definition) is 2. The van der Waals surface area contributed by atoms with E-state index in [1.165, 1.54) is 19.3 Å². The first-order valence-electron chi connectivity index (χ1n) is 10.1. The van der Waals surface area contributed by atoms with Gasteiger partial charge < -0.3 is 10.2 Å². The highest BCUT2D eigenvalue weighted by Gasteiger charge is 2.34. The molecule has 146 valence electrons. The van der Waals surface area contributed by atoms with Gasteiger partial charge in [0.2, 0.25) is 11.8 Å². The van der Waals surface area contributed by atoms with Crippen LogP contribution in [-0.4, -0.2) is 23.3 Å². The van der Waals surface area contributed by atoms with Gasteiger partial charge >= 0.3 is 0 Å². The van der Waals surface area contributed by atoms with Gasteiger partial charge in [-0.25, -0.2) is 0 Å². The summed E-state index contributed by atoms with van der Waals surface area (Å²) in [6, 6.07) is 15.0. The largest absolute Gasteiger partial charge is 0.324 e. The summed E-state index contributed by atoms with van der Waals surface area (Å²) in [5.74, 6) is 0.297. The number of hydrogen-bond donors (Lipinski definition) is 1. The molecule has 5 heteroatoms. The molecule has 0 radical (unpaired) electrons. The Morgan fingerprint density at radius 3 is 2.57 bits per heavy atom. The molecule has 1 fully saturated rings. The first-order valence-corrected chi connectivity index (χ1v) is 10.4. The Bertz CT molecular complexity index is 862. The minimum atomic E-state index is -0.329. The fourth-order valence-corrected chi connectivity index (χ4v) is 4.64. The Morgan fingerprint density at radius 1 is 1.07 bits per heavy atom. The summed E-state index contributed by atoms with van der Waals surface area (Å²) in [5, 5.41) is 3.54. The second-order valence-corrected chi connectivity index (χ2v) is 8.26. The maximum Gasteiger partial charge on any atom is 0.244 e. The third-order valence-electron chi connectivity index (χ3n) is 5.83. The van der Waals surface area contributed by atoms with Crippen molar-refractivity contribution in [1.82, 2.24) is 4.90 Å². The Hall–Kier alpha value is -2.33. The number of halogens is 1. The van der Waals surface area contributed by atoms with Crippen molar-refractivity contribution < 1.29 is 9.59 Å². The molecule has 4 rings (SSSR count). The van der Waals surface area contributed by atoms with E-state index < -0.39 is 0 Å².